The Labute approximate surface area is 197 Å². The minimum atomic E-state index is 0. The Balaban J connectivity index is 0.00000300. The van der Waals surface area contributed by atoms with Gasteiger partial charge in [0.1, 0.15) is 0 Å². The molecule has 1 unspecified atom stereocenters. The molecule has 1 aliphatic carbocycles. The number of guanidine groups is 1. The number of hydrogen-bond donors (Lipinski definition) is 2. The SMILES string of the molecule is CN=C(NCCCOCC1CCOC1)NCC1(Sc2ccccc2)CCCC1.I. The quantitative estimate of drug-likeness (QED) is 0.203. The monoisotopic (exact) mass is 533 g/mol. The predicted molar refractivity (Wildman–Crippen MR) is 133 cm³/mol. The van der Waals surface area contributed by atoms with Gasteiger partial charge in [-0.2, -0.15) is 0 Å². The summed E-state index contributed by atoms with van der Waals surface area (Å²) in [7, 11) is 1.84. The molecule has 3 rings (SSSR count). The summed E-state index contributed by atoms with van der Waals surface area (Å²) >= 11 is 2.02. The Kier molecular flexibility index (Phi) is 11.7. The Morgan fingerprint density at radius 3 is 2.72 bits per heavy atom. The maximum Gasteiger partial charge on any atom is 0.191 e. The van der Waals surface area contributed by atoms with Gasteiger partial charge in [0.2, 0.25) is 0 Å². The van der Waals surface area contributed by atoms with Crippen molar-refractivity contribution in [2.45, 2.75) is 48.2 Å². The number of aliphatic imine (C=N–C) groups is 1. The first-order chi connectivity index (χ1) is 13.8. The molecule has 1 aromatic carbocycles. The molecule has 0 spiro atoms. The lowest BCUT2D eigenvalue weighted by molar-refractivity contribution is 0.0888. The number of benzene rings is 1. The summed E-state index contributed by atoms with van der Waals surface area (Å²) in [5.74, 6) is 1.48. The molecule has 1 atom stereocenters. The molecule has 0 bridgehead atoms. The van der Waals surface area contributed by atoms with Crippen LogP contribution in [0.5, 0.6) is 0 Å². The largest absolute Gasteiger partial charge is 0.381 e. The number of nitrogens with one attached hydrogen (secondary N) is 2. The molecule has 164 valence electrons. The van der Waals surface area contributed by atoms with Gasteiger partial charge in [-0.05, 0) is 37.8 Å². The van der Waals surface area contributed by atoms with Crippen LogP contribution in [0.3, 0.4) is 0 Å². The van der Waals surface area contributed by atoms with Crippen LogP contribution in [0.1, 0.15) is 38.5 Å². The van der Waals surface area contributed by atoms with Crippen molar-refractivity contribution in [3.05, 3.63) is 30.3 Å². The van der Waals surface area contributed by atoms with E-state index in [1.165, 1.54) is 30.6 Å². The van der Waals surface area contributed by atoms with E-state index >= 15 is 0 Å². The Bertz CT molecular complexity index is 591. The third kappa shape index (κ3) is 8.63. The lowest BCUT2D eigenvalue weighted by Crippen LogP contribution is -2.45. The highest BCUT2D eigenvalue weighted by atomic mass is 127. The minimum absolute atomic E-state index is 0. The van der Waals surface area contributed by atoms with E-state index in [4.69, 9.17) is 9.47 Å². The van der Waals surface area contributed by atoms with Crippen molar-refractivity contribution < 1.29 is 9.47 Å². The lowest BCUT2D eigenvalue weighted by atomic mass is 10.1. The van der Waals surface area contributed by atoms with Crippen LogP contribution in [0.15, 0.2) is 40.2 Å². The van der Waals surface area contributed by atoms with Gasteiger partial charge in [0.15, 0.2) is 5.96 Å². The molecule has 2 fully saturated rings. The van der Waals surface area contributed by atoms with Gasteiger partial charge < -0.3 is 20.1 Å². The van der Waals surface area contributed by atoms with E-state index in [9.17, 15) is 0 Å². The molecular weight excluding hydrogens is 497 g/mol. The van der Waals surface area contributed by atoms with Crippen molar-refractivity contribution in [2.24, 2.45) is 10.9 Å². The van der Waals surface area contributed by atoms with Gasteiger partial charge in [0, 0.05) is 48.9 Å². The second-order valence-electron chi connectivity index (χ2n) is 7.82. The highest BCUT2D eigenvalue weighted by Gasteiger charge is 2.35. The average Bonchev–Trinajstić information content (AvgIpc) is 3.40. The van der Waals surface area contributed by atoms with Gasteiger partial charge in [-0.3, -0.25) is 4.99 Å². The molecule has 5 nitrogen and oxygen atoms in total. The summed E-state index contributed by atoms with van der Waals surface area (Å²) in [5.41, 5.74) is 0. The summed E-state index contributed by atoms with van der Waals surface area (Å²) in [6, 6.07) is 10.8. The van der Waals surface area contributed by atoms with Crippen molar-refractivity contribution >= 4 is 41.7 Å². The third-order valence-electron chi connectivity index (χ3n) is 5.53. The van der Waals surface area contributed by atoms with Crippen LogP contribution < -0.4 is 10.6 Å². The van der Waals surface area contributed by atoms with Gasteiger partial charge in [-0.25, -0.2) is 0 Å². The van der Waals surface area contributed by atoms with Crippen LogP contribution in [0, 0.1) is 5.92 Å². The third-order valence-corrected chi connectivity index (χ3v) is 7.02. The van der Waals surface area contributed by atoms with E-state index < -0.39 is 0 Å². The molecule has 2 N–H and O–H groups in total. The Morgan fingerprint density at radius 1 is 1.24 bits per heavy atom. The first kappa shape index (κ1) is 24.8. The van der Waals surface area contributed by atoms with E-state index in [0.29, 0.717) is 5.92 Å². The summed E-state index contributed by atoms with van der Waals surface area (Å²) < 4.78 is 11.4. The van der Waals surface area contributed by atoms with Gasteiger partial charge in [0.05, 0.1) is 13.2 Å². The number of thioether (sulfide) groups is 1. The van der Waals surface area contributed by atoms with Gasteiger partial charge >= 0.3 is 0 Å². The van der Waals surface area contributed by atoms with Gasteiger partial charge in [-0.15, -0.1) is 35.7 Å². The van der Waals surface area contributed by atoms with Gasteiger partial charge in [-0.1, -0.05) is 31.0 Å². The fraction of sp³-hybridized carbons (Fsp3) is 0.682. The first-order valence-electron chi connectivity index (χ1n) is 10.6. The second kappa shape index (κ2) is 13.7. The zero-order valence-electron chi connectivity index (χ0n) is 17.5. The standard InChI is InChI=1S/C22H35N3O2S.HI/c1-23-21(24-13-7-14-26-16-19-10-15-27-17-19)25-18-22(11-5-6-12-22)28-20-8-3-2-4-9-20;/h2-4,8-9,19H,5-7,10-18H2,1H3,(H2,23,24,25);1H. The number of halogens is 1. The number of nitrogens with zero attached hydrogens (tertiary/aromatic N) is 1. The van der Waals surface area contributed by atoms with E-state index in [2.05, 4.69) is 46.0 Å². The van der Waals surface area contributed by atoms with Crippen molar-refractivity contribution in [3.8, 4) is 0 Å². The molecule has 7 heteroatoms. The summed E-state index contributed by atoms with van der Waals surface area (Å²) in [4.78, 5) is 5.76. The average molecular weight is 534 g/mol. The maximum atomic E-state index is 5.77. The zero-order chi connectivity index (χ0) is 19.5. The molecule has 1 saturated heterocycles. The molecule has 2 aliphatic rings. The van der Waals surface area contributed by atoms with Crippen LogP contribution in [-0.4, -0.2) is 57.3 Å². The minimum Gasteiger partial charge on any atom is -0.381 e. The fourth-order valence-electron chi connectivity index (χ4n) is 3.88. The van der Waals surface area contributed by atoms with Crippen LogP contribution in [0.4, 0.5) is 0 Å². The molecule has 0 amide bonds. The van der Waals surface area contributed by atoms with E-state index in [1.54, 1.807) is 0 Å². The Morgan fingerprint density at radius 2 is 2.03 bits per heavy atom. The van der Waals surface area contributed by atoms with E-state index in [0.717, 1.165) is 58.3 Å². The zero-order valence-corrected chi connectivity index (χ0v) is 20.7. The van der Waals surface area contributed by atoms with Crippen molar-refractivity contribution in [3.63, 3.8) is 0 Å². The molecule has 0 radical (unpaired) electrons. The first-order valence-corrected chi connectivity index (χ1v) is 11.5. The smallest absolute Gasteiger partial charge is 0.191 e. The van der Waals surface area contributed by atoms with Crippen LogP contribution in [-0.2, 0) is 9.47 Å². The highest BCUT2D eigenvalue weighted by molar-refractivity contribution is 14.0. The lowest BCUT2D eigenvalue weighted by Gasteiger charge is -2.29. The predicted octanol–water partition coefficient (Wildman–Crippen LogP) is 4.32. The number of ether oxygens (including phenoxy) is 2. The van der Waals surface area contributed by atoms with Crippen LogP contribution in [0.25, 0.3) is 0 Å². The molecule has 29 heavy (non-hydrogen) atoms. The normalized spacial score (nSPS) is 21.0. The molecule has 1 aromatic rings. The molecule has 1 aliphatic heterocycles. The van der Waals surface area contributed by atoms with Crippen molar-refractivity contribution in [1.82, 2.24) is 10.6 Å². The summed E-state index contributed by atoms with van der Waals surface area (Å²) in [5, 5.41) is 7.00. The Hall–Kier alpha value is -0.510. The molecular formula is C22H36IN3O2S. The number of rotatable bonds is 10. The maximum absolute atomic E-state index is 5.77. The second-order valence-corrected chi connectivity index (χ2v) is 9.36. The number of hydrogen-bond acceptors (Lipinski definition) is 4. The summed E-state index contributed by atoms with van der Waals surface area (Å²) in [6.45, 7) is 5.18. The summed E-state index contributed by atoms with van der Waals surface area (Å²) in [6.07, 6.45) is 7.27. The van der Waals surface area contributed by atoms with Crippen LogP contribution in [0.2, 0.25) is 0 Å². The van der Waals surface area contributed by atoms with E-state index in [1.807, 2.05) is 18.8 Å². The van der Waals surface area contributed by atoms with Crippen molar-refractivity contribution in [1.29, 1.82) is 0 Å². The van der Waals surface area contributed by atoms with Crippen LogP contribution >= 0.6 is 35.7 Å². The van der Waals surface area contributed by atoms with E-state index in [-0.39, 0.29) is 28.7 Å². The fourth-order valence-corrected chi connectivity index (χ4v) is 5.31. The van der Waals surface area contributed by atoms with Gasteiger partial charge in [0.25, 0.3) is 0 Å². The highest BCUT2D eigenvalue weighted by Crippen LogP contribution is 2.44. The molecule has 0 aromatic heterocycles. The molecule has 1 saturated carbocycles. The topological polar surface area (TPSA) is 54.9 Å². The molecule has 1 heterocycles. The van der Waals surface area contributed by atoms with Crippen molar-refractivity contribution in [2.75, 3.05) is 46.6 Å².